The molecule has 4 heteroatoms. The smallest absolute Gasteiger partial charge is 0.0419 e. The molecule has 17 heavy (non-hydrogen) atoms. The van der Waals surface area contributed by atoms with Crippen molar-refractivity contribution in [3.05, 3.63) is 28.2 Å². The van der Waals surface area contributed by atoms with Gasteiger partial charge in [-0.25, -0.2) is 0 Å². The SMILES string of the molecule is CC1CN(c2cc(Br)ccc2CBr)CCN1C. The van der Waals surface area contributed by atoms with Crippen LogP contribution in [-0.4, -0.2) is 37.6 Å². The minimum absolute atomic E-state index is 0.617. The Bertz CT molecular complexity index is 395. The van der Waals surface area contributed by atoms with Gasteiger partial charge in [0.25, 0.3) is 0 Å². The number of piperazine rings is 1. The minimum atomic E-state index is 0.617. The van der Waals surface area contributed by atoms with Gasteiger partial charge in [0.15, 0.2) is 0 Å². The predicted octanol–water partition coefficient (Wildman–Crippen LogP) is 3.48. The van der Waals surface area contributed by atoms with Crippen molar-refractivity contribution < 1.29 is 0 Å². The molecule has 0 amide bonds. The van der Waals surface area contributed by atoms with Gasteiger partial charge >= 0.3 is 0 Å². The molecule has 1 fully saturated rings. The van der Waals surface area contributed by atoms with E-state index in [9.17, 15) is 0 Å². The average Bonchev–Trinajstić information content (AvgIpc) is 2.32. The fourth-order valence-corrected chi connectivity index (χ4v) is 3.03. The first-order valence-electron chi connectivity index (χ1n) is 5.91. The summed E-state index contributed by atoms with van der Waals surface area (Å²) in [5.74, 6) is 0. The lowest BCUT2D eigenvalue weighted by Crippen LogP contribution is -2.50. The molecule has 0 N–H and O–H groups in total. The number of alkyl halides is 1. The van der Waals surface area contributed by atoms with Gasteiger partial charge in [0.2, 0.25) is 0 Å². The molecule has 0 saturated carbocycles. The van der Waals surface area contributed by atoms with Crippen molar-refractivity contribution in [2.75, 3.05) is 31.6 Å². The lowest BCUT2D eigenvalue weighted by molar-refractivity contribution is 0.234. The summed E-state index contributed by atoms with van der Waals surface area (Å²) in [5, 5.41) is 0.913. The van der Waals surface area contributed by atoms with Crippen molar-refractivity contribution >= 4 is 37.5 Å². The molecule has 2 nitrogen and oxygen atoms in total. The maximum atomic E-state index is 3.57. The van der Waals surface area contributed by atoms with Crippen LogP contribution in [0.3, 0.4) is 0 Å². The molecule has 0 radical (unpaired) electrons. The number of hydrogen-bond acceptors (Lipinski definition) is 2. The zero-order valence-corrected chi connectivity index (χ0v) is 13.5. The van der Waals surface area contributed by atoms with Gasteiger partial charge in [-0.2, -0.15) is 0 Å². The normalized spacial score (nSPS) is 21.9. The molecular weight excluding hydrogens is 344 g/mol. The maximum absolute atomic E-state index is 3.57. The summed E-state index contributed by atoms with van der Waals surface area (Å²) in [7, 11) is 2.20. The molecular formula is C13H18Br2N2. The van der Waals surface area contributed by atoms with E-state index in [0.29, 0.717) is 6.04 Å². The number of anilines is 1. The molecule has 1 heterocycles. The molecule has 1 atom stereocenters. The van der Waals surface area contributed by atoms with E-state index >= 15 is 0 Å². The molecule has 1 saturated heterocycles. The van der Waals surface area contributed by atoms with Crippen LogP contribution in [0, 0.1) is 0 Å². The van der Waals surface area contributed by atoms with Crippen molar-refractivity contribution in [2.45, 2.75) is 18.3 Å². The summed E-state index contributed by atoms with van der Waals surface area (Å²) in [4.78, 5) is 4.91. The standard InChI is InChI=1S/C13H18Br2N2/c1-10-9-17(6-5-16(10)2)13-7-12(15)4-3-11(13)8-14/h3-4,7,10H,5-6,8-9H2,1-2H3. The van der Waals surface area contributed by atoms with Crippen molar-refractivity contribution in [1.29, 1.82) is 0 Å². The largest absolute Gasteiger partial charge is 0.368 e. The van der Waals surface area contributed by atoms with E-state index in [1.54, 1.807) is 0 Å². The second kappa shape index (κ2) is 5.72. The molecule has 1 aliphatic heterocycles. The fourth-order valence-electron chi connectivity index (χ4n) is 2.21. The molecule has 94 valence electrons. The highest BCUT2D eigenvalue weighted by Crippen LogP contribution is 2.28. The van der Waals surface area contributed by atoms with Gasteiger partial charge in [-0.3, -0.25) is 0 Å². The summed E-state index contributed by atoms with van der Waals surface area (Å²) in [6.45, 7) is 5.64. The Labute approximate surface area is 120 Å². The first-order chi connectivity index (χ1) is 8.11. The molecule has 0 aromatic heterocycles. The second-order valence-electron chi connectivity index (χ2n) is 4.68. The molecule has 2 rings (SSSR count). The zero-order chi connectivity index (χ0) is 12.4. The lowest BCUT2D eigenvalue weighted by Gasteiger charge is -2.39. The van der Waals surface area contributed by atoms with E-state index in [0.717, 1.165) is 29.4 Å². The summed E-state index contributed by atoms with van der Waals surface area (Å²) in [6, 6.07) is 7.15. The van der Waals surface area contributed by atoms with Crippen LogP contribution in [0.4, 0.5) is 5.69 Å². The van der Waals surface area contributed by atoms with Gasteiger partial charge in [0.05, 0.1) is 0 Å². The minimum Gasteiger partial charge on any atom is -0.368 e. The zero-order valence-electron chi connectivity index (χ0n) is 10.3. The van der Waals surface area contributed by atoms with Crippen molar-refractivity contribution in [3.63, 3.8) is 0 Å². The molecule has 0 spiro atoms. The second-order valence-corrected chi connectivity index (χ2v) is 6.16. The Morgan fingerprint density at radius 3 is 2.76 bits per heavy atom. The van der Waals surface area contributed by atoms with E-state index in [-0.39, 0.29) is 0 Å². The number of hydrogen-bond donors (Lipinski definition) is 0. The Balaban J connectivity index is 2.24. The van der Waals surface area contributed by atoms with E-state index in [1.807, 2.05) is 0 Å². The number of halogens is 2. The van der Waals surface area contributed by atoms with E-state index in [2.05, 4.69) is 73.8 Å². The van der Waals surface area contributed by atoms with Crippen molar-refractivity contribution in [2.24, 2.45) is 0 Å². The van der Waals surface area contributed by atoms with Crippen LogP contribution >= 0.6 is 31.9 Å². The van der Waals surface area contributed by atoms with Gasteiger partial charge in [0.1, 0.15) is 0 Å². The van der Waals surface area contributed by atoms with Gasteiger partial charge in [-0.1, -0.05) is 37.9 Å². The third-order valence-electron chi connectivity index (χ3n) is 3.49. The Hall–Kier alpha value is -0.0600. The third kappa shape index (κ3) is 3.04. The Morgan fingerprint density at radius 1 is 1.35 bits per heavy atom. The molecule has 1 unspecified atom stereocenters. The number of rotatable bonds is 2. The Morgan fingerprint density at radius 2 is 2.12 bits per heavy atom. The Kier molecular flexibility index (Phi) is 4.50. The highest BCUT2D eigenvalue weighted by atomic mass is 79.9. The maximum Gasteiger partial charge on any atom is 0.0419 e. The first-order valence-corrected chi connectivity index (χ1v) is 7.83. The molecule has 0 aliphatic carbocycles. The number of nitrogens with zero attached hydrogens (tertiary/aromatic N) is 2. The van der Waals surface area contributed by atoms with E-state index < -0.39 is 0 Å². The van der Waals surface area contributed by atoms with Crippen LogP contribution in [0.15, 0.2) is 22.7 Å². The highest BCUT2D eigenvalue weighted by molar-refractivity contribution is 9.10. The first kappa shape index (κ1) is 13.4. The summed E-state index contributed by atoms with van der Waals surface area (Å²) in [6.07, 6.45) is 0. The van der Waals surface area contributed by atoms with Gasteiger partial charge in [-0.15, -0.1) is 0 Å². The molecule has 0 bridgehead atoms. The van der Waals surface area contributed by atoms with Crippen LogP contribution in [0.2, 0.25) is 0 Å². The number of benzene rings is 1. The average molecular weight is 362 g/mol. The van der Waals surface area contributed by atoms with E-state index in [4.69, 9.17) is 0 Å². The molecule has 1 aromatic carbocycles. The predicted molar refractivity (Wildman–Crippen MR) is 81.1 cm³/mol. The topological polar surface area (TPSA) is 6.48 Å². The van der Waals surface area contributed by atoms with Crippen molar-refractivity contribution in [3.8, 4) is 0 Å². The van der Waals surface area contributed by atoms with Crippen LogP contribution in [0.1, 0.15) is 12.5 Å². The monoisotopic (exact) mass is 360 g/mol. The molecule has 1 aromatic rings. The highest BCUT2D eigenvalue weighted by Gasteiger charge is 2.22. The van der Waals surface area contributed by atoms with Gasteiger partial charge < -0.3 is 9.80 Å². The quantitative estimate of drug-likeness (QED) is 0.744. The van der Waals surface area contributed by atoms with Gasteiger partial charge in [0, 0.05) is 41.2 Å². The van der Waals surface area contributed by atoms with E-state index in [1.165, 1.54) is 11.3 Å². The lowest BCUT2D eigenvalue weighted by atomic mass is 10.1. The summed E-state index contributed by atoms with van der Waals surface area (Å²) < 4.78 is 1.16. The third-order valence-corrected chi connectivity index (χ3v) is 4.59. The number of likely N-dealkylation sites (N-methyl/N-ethyl adjacent to an activating group) is 1. The summed E-state index contributed by atoms with van der Waals surface area (Å²) >= 11 is 7.14. The molecule has 1 aliphatic rings. The van der Waals surface area contributed by atoms with Crippen LogP contribution < -0.4 is 4.90 Å². The fraction of sp³-hybridized carbons (Fsp3) is 0.538. The van der Waals surface area contributed by atoms with Crippen molar-refractivity contribution in [1.82, 2.24) is 4.90 Å². The summed E-state index contributed by atoms with van der Waals surface area (Å²) in [5.41, 5.74) is 2.72. The van der Waals surface area contributed by atoms with Gasteiger partial charge in [-0.05, 0) is 31.7 Å². The van der Waals surface area contributed by atoms with Crippen LogP contribution in [0.25, 0.3) is 0 Å². The van der Waals surface area contributed by atoms with Crippen LogP contribution in [0.5, 0.6) is 0 Å². The van der Waals surface area contributed by atoms with Crippen LogP contribution in [-0.2, 0) is 5.33 Å².